The first-order valence-electron chi connectivity index (χ1n) is 6.53. The molecule has 0 aliphatic heterocycles. The minimum atomic E-state index is 0.0766. The SMILES string of the molecule is CC(C)NCCC(=O)c1ccccc1OC(C)C. The molecule has 0 saturated heterocycles. The quantitative estimate of drug-likeness (QED) is 0.755. The highest BCUT2D eigenvalue weighted by Gasteiger charge is 2.12. The molecule has 1 N–H and O–H groups in total. The summed E-state index contributed by atoms with van der Waals surface area (Å²) in [6.45, 7) is 8.76. The van der Waals surface area contributed by atoms with Gasteiger partial charge >= 0.3 is 0 Å². The molecule has 1 aromatic carbocycles. The van der Waals surface area contributed by atoms with Crippen LogP contribution in [0.5, 0.6) is 5.75 Å². The van der Waals surface area contributed by atoms with Gasteiger partial charge in [-0.05, 0) is 26.0 Å². The van der Waals surface area contributed by atoms with Crippen LogP contribution in [0.3, 0.4) is 0 Å². The highest BCUT2D eigenvalue weighted by molar-refractivity contribution is 5.98. The van der Waals surface area contributed by atoms with Crippen LogP contribution in [0.15, 0.2) is 24.3 Å². The Morgan fingerprint density at radius 2 is 1.89 bits per heavy atom. The van der Waals surface area contributed by atoms with Crippen LogP contribution < -0.4 is 10.1 Å². The lowest BCUT2D eigenvalue weighted by Gasteiger charge is -2.14. The van der Waals surface area contributed by atoms with E-state index in [1.54, 1.807) is 0 Å². The molecule has 0 unspecified atom stereocenters. The van der Waals surface area contributed by atoms with Gasteiger partial charge in [0, 0.05) is 19.0 Å². The molecule has 0 amide bonds. The van der Waals surface area contributed by atoms with E-state index in [0.717, 1.165) is 0 Å². The summed E-state index contributed by atoms with van der Waals surface area (Å²) < 4.78 is 5.65. The molecule has 0 aromatic heterocycles. The van der Waals surface area contributed by atoms with Crippen molar-refractivity contribution in [3.63, 3.8) is 0 Å². The predicted octanol–water partition coefficient (Wildman–Crippen LogP) is 3.04. The number of Topliss-reactive ketones (excluding diaryl/α,β-unsaturated/α-hetero) is 1. The molecule has 18 heavy (non-hydrogen) atoms. The van der Waals surface area contributed by atoms with E-state index < -0.39 is 0 Å². The third-order valence-corrected chi connectivity index (χ3v) is 2.45. The van der Waals surface area contributed by atoms with Crippen molar-refractivity contribution in [1.29, 1.82) is 0 Å². The van der Waals surface area contributed by atoms with E-state index in [1.165, 1.54) is 0 Å². The minimum absolute atomic E-state index is 0.0766. The molecule has 1 rings (SSSR count). The third-order valence-electron chi connectivity index (χ3n) is 2.45. The van der Waals surface area contributed by atoms with Gasteiger partial charge in [0.2, 0.25) is 0 Å². The molecule has 0 aliphatic carbocycles. The summed E-state index contributed by atoms with van der Waals surface area (Å²) in [6, 6.07) is 7.84. The van der Waals surface area contributed by atoms with Gasteiger partial charge in [0.05, 0.1) is 11.7 Å². The van der Waals surface area contributed by atoms with E-state index in [1.807, 2.05) is 38.1 Å². The van der Waals surface area contributed by atoms with Crippen LogP contribution in [0.1, 0.15) is 44.5 Å². The van der Waals surface area contributed by atoms with Crippen LogP contribution in [-0.2, 0) is 0 Å². The monoisotopic (exact) mass is 249 g/mol. The van der Waals surface area contributed by atoms with Gasteiger partial charge in [0.1, 0.15) is 5.75 Å². The van der Waals surface area contributed by atoms with E-state index in [2.05, 4.69) is 19.2 Å². The Morgan fingerprint density at radius 3 is 2.50 bits per heavy atom. The molecule has 0 fully saturated rings. The van der Waals surface area contributed by atoms with Crippen LogP contribution in [0.4, 0.5) is 0 Å². The smallest absolute Gasteiger partial charge is 0.167 e. The molecule has 0 saturated carbocycles. The van der Waals surface area contributed by atoms with Gasteiger partial charge in [-0.3, -0.25) is 4.79 Å². The fraction of sp³-hybridized carbons (Fsp3) is 0.533. The molecular formula is C15H23NO2. The standard InChI is InChI=1S/C15H23NO2/c1-11(2)16-10-9-14(17)13-7-5-6-8-15(13)18-12(3)4/h5-8,11-12,16H,9-10H2,1-4H3. The Labute approximate surface area is 110 Å². The molecule has 0 spiro atoms. The number of hydrogen-bond donors (Lipinski definition) is 1. The second-order valence-electron chi connectivity index (χ2n) is 4.94. The molecule has 3 heteroatoms. The Bertz CT molecular complexity index is 386. The zero-order valence-electron chi connectivity index (χ0n) is 11.7. The maximum atomic E-state index is 12.1. The predicted molar refractivity (Wildman–Crippen MR) is 74.3 cm³/mol. The summed E-state index contributed by atoms with van der Waals surface area (Å²) >= 11 is 0. The molecular weight excluding hydrogens is 226 g/mol. The van der Waals surface area contributed by atoms with Crippen molar-refractivity contribution in [3.8, 4) is 5.75 Å². The van der Waals surface area contributed by atoms with Gasteiger partial charge in [0.15, 0.2) is 5.78 Å². The van der Waals surface area contributed by atoms with Crippen LogP contribution in [-0.4, -0.2) is 24.5 Å². The van der Waals surface area contributed by atoms with Crippen molar-refractivity contribution in [2.45, 2.75) is 46.3 Å². The number of rotatable bonds is 7. The van der Waals surface area contributed by atoms with E-state index >= 15 is 0 Å². The van der Waals surface area contributed by atoms with E-state index in [9.17, 15) is 4.79 Å². The number of hydrogen-bond acceptors (Lipinski definition) is 3. The van der Waals surface area contributed by atoms with Crippen molar-refractivity contribution in [2.24, 2.45) is 0 Å². The number of ketones is 1. The van der Waals surface area contributed by atoms with E-state index in [-0.39, 0.29) is 11.9 Å². The number of nitrogens with one attached hydrogen (secondary N) is 1. The number of benzene rings is 1. The largest absolute Gasteiger partial charge is 0.490 e. The summed E-state index contributed by atoms with van der Waals surface area (Å²) in [6.07, 6.45) is 0.573. The Kier molecular flexibility index (Phi) is 5.86. The first kappa shape index (κ1) is 14.7. The average molecular weight is 249 g/mol. The zero-order valence-corrected chi connectivity index (χ0v) is 11.7. The normalized spacial score (nSPS) is 11.0. The molecule has 0 bridgehead atoms. The lowest BCUT2D eigenvalue weighted by atomic mass is 10.1. The van der Waals surface area contributed by atoms with Gasteiger partial charge < -0.3 is 10.1 Å². The maximum absolute atomic E-state index is 12.1. The van der Waals surface area contributed by atoms with Crippen molar-refractivity contribution in [3.05, 3.63) is 29.8 Å². The number of carbonyl (C=O) groups excluding carboxylic acids is 1. The topological polar surface area (TPSA) is 38.3 Å². The number of carbonyl (C=O) groups is 1. The van der Waals surface area contributed by atoms with Crippen molar-refractivity contribution in [2.75, 3.05) is 6.54 Å². The van der Waals surface area contributed by atoms with Gasteiger partial charge in [-0.15, -0.1) is 0 Å². The van der Waals surface area contributed by atoms with E-state index in [4.69, 9.17) is 4.74 Å². The Morgan fingerprint density at radius 1 is 1.22 bits per heavy atom. The molecule has 0 aliphatic rings. The van der Waals surface area contributed by atoms with Gasteiger partial charge in [-0.25, -0.2) is 0 Å². The average Bonchev–Trinajstić information content (AvgIpc) is 2.28. The fourth-order valence-electron chi connectivity index (χ4n) is 1.66. The van der Waals surface area contributed by atoms with Gasteiger partial charge in [-0.1, -0.05) is 26.0 Å². The first-order valence-corrected chi connectivity index (χ1v) is 6.53. The molecule has 3 nitrogen and oxygen atoms in total. The van der Waals surface area contributed by atoms with Crippen LogP contribution >= 0.6 is 0 Å². The summed E-state index contributed by atoms with van der Waals surface area (Å²) in [5, 5.41) is 3.24. The highest BCUT2D eigenvalue weighted by atomic mass is 16.5. The second kappa shape index (κ2) is 7.17. The van der Waals surface area contributed by atoms with Gasteiger partial charge in [-0.2, -0.15) is 0 Å². The summed E-state index contributed by atoms with van der Waals surface area (Å²) in [5.74, 6) is 0.807. The van der Waals surface area contributed by atoms with Crippen molar-refractivity contribution >= 4 is 5.78 Å². The zero-order chi connectivity index (χ0) is 13.5. The highest BCUT2D eigenvalue weighted by Crippen LogP contribution is 2.20. The van der Waals surface area contributed by atoms with Crippen molar-refractivity contribution in [1.82, 2.24) is 5.32 Å². The first-order chi connectivity index (χ1) is 8.50. The van der Waals surface area contributed by atoms with E-state index in [0.29, 0.717) is 30.3 Å². The molecule has 0 atom stereocenters. The van der Waals surface area contributed by atoms with Crippen LogP contribution in [0.2, 0.25) is 0 Å². The lowest BCUT2D eigenvalue weighted by Crippen LogP contribution is -2.25. The Balaban J connectivity index is 2.66. The van der Waals surface area contributed by atoms with Gasteiger partial charge in [0.25, 0.3) is 0 Å². The maximum Gasteiger partial charge on any atom is 0.167 e. The van der Waals surface area contributed by atoms with Crippen molar-refractivity contribution < 1.29 is 9.53 Å². The third kappa shape index (κ3) is 4.88. The van der Waals surface area contributed by atoms with Crippen LogP contribution in [0.25, 0.3) is 0 Å². The molecule has 100 valence electrons. The summed E-state index contributed by atoms with van der Waals surface area (Å²) in [5.41, 5.74) is 0.678. The Hall–Kier alpha value is -1.35. The number of para-hydroxylation sites is 1. The van der Waals surface area contributed by atoms with Crippen LogP contribution in [0, 0.1) is 0 Å². The molecule has 0 radical (unpaired) electrons. The second-order valence-corrected chi connectivity index (χ2v) is 4.94. The number of ether oxygens (including phenoxy) is 1. The minimum Gasteiger partial charge on any atom is -0.490 e. The molecule has 0 heterocycles. The summed E-state index contributed by atoms with van der Waals surface area (Å²) in [7, 11) is 0. The fourth-order valence-corrected chi connectivity index (χ4v) is 1.66. The lowest BCUT2D eigenvalue weighted by molar-refractivity contribution is 0.0976. The molecule has 1 aromatic rings. The summed E-state index contributed by atoms with van der Waals surface area (Å²) in [4.78, 5) is 12.1.